The van der Waals surface area contributed by atoms with Gasteiger partial charge in [0.25, 0.3) is 0 Å². The third kappa shape index (κ3) is 12.8. The van der Waals surface area contributed by atoms with Gasteiger partial charge in [-0.2, -0.15) is 0 Å². The van der Waals surface area contributed by atoms with Crippen LogP contribution < -0.4 is 0 Å². The molecule has 0 aromatic carbocycles. The van der Waals surface area contributed by atoms with Crippen molar-refractivity contribution in [2.24, 2.45) is 0 Å². The van der Waals surface area contributed by atoms with E-state index in [0.29, 0.717) is 0 Å². The molecule has 0 saturated heterocycles. The molecule has 0 spiro atoms. The largest absolute Gasteiger partial charge is 0.304 e. The van der Waals surface area contributed by atoms with E-state index in [9.17, 15) is 0 Å². The number of nitrogens with zero attached hydrogens (tertiary/aromatic N) is 2. The van der Waals surface area contributed by atoms with E-state index in [2.05, 4.69) is 61.2 Å². The van der Waals surface area contributed by atoms with Crippen molar-refractivity contribution in [3.05, 3.63) is 0 Å². The Bertz CT molecular complexity index is 309. The molecule has 2 heteroatoms. The highest BCUT2D eigenvalue weighted by Gasteiger charge is 1.97. The molecule has 126 valence electrons. The quantitative estimate of drug-likeness (QED) is 0.397. The number of hydrogen-bond acceptors (Lipinski definition) is 2. The number of rotatable bonds is 12. The molecule has 0 aliphatic heterocycles. The molecule has 0 heterocycles. The Labute approximate surface area is 139 Å². The van der Waals surface area contributed by atoms with Gasteiger partial charge in [0.2, 0.25) is 0 Å². The molecule has 0 amide bonds. The smallest absolute Gasteiger partial charge is 0.00994 e. The lowest BCUT2D eigenvalue weighted by molar-refractivity contribution is 0.297. The Kier molecular flexibility index (Phi) is 15.7. The van der Waals surface area contributed by atoms with Gasteiger partial charge in [0.1, 0.15) is 0 Å². The van der Waals surface area contributed by atoms with Crippen LogP contribution in [0.5, 0.6) is 0 Å². The van der Waals surface area contributed by atoms with E-state index < -0.39 is 0 Å². The summed E-state index contributed by atoms with van der Waals surface area (Å²) in [6, 6.07) is 0. The molecule has 0 fully saturated rings. The zero-order valence-corrected chi connectivity index (χ0v) is 15.4. The first-order valence-corrected chi connectivity index (χ1v) is 9.18. The van der Waals surface area contributed by atoms with Gasteiger partial charge < -0.3 is 9.80 Å². The summed E-state index contributed by atoms with van der Waals surface area (Å²) in [6.45, 7) is 15.9. The van der Waals surface area contributed by atoms with Crippen molar-refractivity contribution in [3.63, 3.8) is 0 Å². The van der Waals surface area contributed by atoms with Crippen LogP contribution in [-0.2, 0) is 0 Å². The molecule has 2 nitrogen and oxygen atoms in total. The fraction of sp³-hybridized carbons (Fsp3) is 0.800. The van der Waals surface area contributed by atoms with Crippen LogP contribution in [0, 0.1) is 23.7 Å². The lowest BCUT2D eigenvalue weighted by atomic mass is 10.2. The summed E-state index contributed by atoms with van der Waals surface area (Å²) in [7, 11) is 0. The molecule has 0 unspecified atom stereocenters. The minimum absolute atomic E-state index is 0.984. The van der Waals surface area contributed by atoms with E-state index in [1.807, 2.05) is 0 Å². The van der Waals surface area contributed by atoms with Gasteiger partial charge in [-0.1, -0.05) is 39.5 Å². The van der Waals surface area contributed by atoms with Crippen LogP contribution in [0.3, 0.4) is 0 Å². The molecule has 0 radical (unpaired) electrons. The summed E-state index contributed by atoms with van der Waals surface area (Å²) in [5.41, 5.74) is 0. The molecule has 0 N–H and O–H groups in total. The molecule has 0 aliphatic rings. The van der Waals surface area contributed by atoms with E-state index >= 15 is 0 Å². The Morgan fingerprint density at radius 1 is 0.545 bits per heavy atom. The standard InChI is InChI=1S/C20H36N2/c1-5-21(6-2)19-17-15-13-11-9-10-12-14-16-18-20-22(7-3)8-4/h5-8,13-20H2,1-4H3. The van der Waals surface area contributed by atoms with Gasteiger partial charge in [0.05, 0.1) is 0 Å². The first-order chi connectivity index (χ1) is 10.8. The first kappa shape index (κ1) is 21.0. The summed E-state index contributed by atoms with van der Waals surface area (Å²) >= 11 is 0. The van der Waals surface area contributed by atoms with E-state index in [4.69, 9.17) is 0 Å². The highest BCUT2D eigenvalue weighted by molar-refractivity contribution is 5.25. The third-order valence-corrected chi connectivity index (χ3v) is 4.08. The van der Waals surface area contributed by atoms with Crippen molar-refractivity contribution in [3.8, 4) is 23.7 Å². The van der Waals surface area contributed by atoms with Crippen molar-refractivity contribution in [2.75, 3.05) is 39.3 Å². The summed E-state index contributed by atoms with van der Waals surface area (Å²) in [5.74, 6) is 12.3. The lowest BCUT2D eigenvalue weighted by Crippen LogP contribution is -2.23. The first-order valence-electron chi connectivity index (χ1n) is 9.18. The van der Waals surface area contributed by atoms with Crippen LogP contribution >= 0.6 is 0 Å². The van der Waals surface area contributed by atoms with Gasteiger partial charge in [-0.3, -0.25) is 0 Å². The van der Waals surface area contributed by atoms with E-state index in [0.717, 1.165) is 39.0 Å². The predicted octanol–water partition coefficient (Wildman–Crippen LogP) is 4.02. The van der Waals surface area contributed by atoms with Gasteiger partial charge in [-0.25, -0.2) is 0 Å². The summed E-state index contributed by atoms with van der Waals surface area (Å²) in [5, 5.41) is 0. The summed E-state index contributed by atoms with van der Waals surface area (Å²) < 4.78 is 0. The normalized spacial score (nSPS) is 10.3. The molecule has 0 bridgehead atoms. The maximum Gasteiger partial charge on any atom is 0.00994 e. The van der Waals surface area contributed by atoms with E-state index in [1.165, 1.54) is 38.8 Å². The fourth-order valence-electron chi connectivity index (χ4n) is 2.39. The zero-order chi connectivity index (χ0) is 16.5. The fourth-order valence-corrected chi connectivity index (χ4v) is 2.39. The zero-order valence-electron chi connectivity index (χ0n) is 15.4. The Balaban J connectivity index is 3.52. The molecule has 0 aromatic heterocycles. The molecular weight excluding hydrogens is 268 g/mol. The van der Waals surface area contributed by atoms with Crippen molar-refractivity contribution >= 4 is 0 Å². The molecule has 0 saturated carbocycles. The van der Waals surface area contributed by atoms with Crippen molar-refractivity contribution in [1.29, 1.82) is 0 Å². The summed E-state index contributed by atoms with van der Waals surface area (Å²) in [6.07, 6.45) is 6.84. The summed E-state index contributed by atoms with van der Waals surface area (Å²) in [4.78, 5) is 4.93. The molecule has 0 atom stereocenters. The van der Waals surface area contributed by atoms with Crippen molar-refractivity contribution < 1.29 is 0 Å². The SMILES string of the molecule is CCN(CC)CCCCC#CC#CCCCCN(CC)CC. The second kappa shape index (κ2) is 16.4. The van der Waals surface area contributed by atoms with Gasteiger partial charge in [0, 0.05) is 12.8 Å². The number of unbranched alkanes of at least 4 members (excludes halogenated alkanes) is 4. The van der Waals surface area contributed by atoms with Crippen LogP contribution in [0.15, 0.2) is 0 Å². The predicted molar refractivity (Wildman–Crippen MR) is 98.8 cm³/mol. The third-order valence-electron chi connectivity index (χ3n) is 4.08. The van der Waals surface area contributed by atoms with Crippen LogP contribution in [0.2, 0.25) is 0 Å². The highest BCUT2D eigenvalue weighted by Crippen LogP contribution is 1.98. The van der Waals surface area contributed by atoms with Gasteiger partial charge in [-0.05, 0) is 76.8 Å². The minimum Gasteiger partial charge on any atom is -0.304 e. The van der Waals surface area contributed by atoms with Crippen LogP contribution in [0.4, 0.5) is 0 Å². The van der Waals surface area contributed by atoms with Crippen molar-refractivity contribution in [1.82, 2.24) is 9.80 Å². The lowest BCUT2D eigenvalue weighted by Gasteiger charge is -2.16. The maximum atomic E-state index is 3.17. The molecular formula is C20H36N2. The monoisotopic (exact) mass is 304 g/mol. The topological polar surface area (TPSA) is 6.48 Å². The van der Waals surface area contributed by atoms with Crippen LogP contribution in [0.1, 0.15) is 66.2 Å². The van der Waals surface area contributed by atoms with Gasteiger partial charge in [0.15, 0.2) is 0 Å². The minimum atomic E-state index is 0.984. The average Bonchev–Trinajstić information content (AvgIpc) is 2.55. The van der Waals surface area contributed by atoms with Gasteiger partial charge >= 0.3 is 0 Å². The Hall–Kier alpha value is -0.960. The van der Waals surface area contributed by atoms with Crippen molar-refractivity contribution in [2.45, 2.75) is 66.2 Å². The Morgan fingerprint density at radius 2 is 0.909 bits per heavy atom. The number of hydrogen-bond donors (Lipinski definition) is 0. The molecule has 0 aliphatic carbocycles. The van der Waals surface area contributed by atoms with Gasteiger partial charge in [-0.15, -0.1) is 0 Å². The van der Waals surface area contributed by atoms with E-state index in [1.54, 1.807) is 0 Å². The Morgan fingerprint density at radius 3 is 1.23 bits per heavy atom. The molecule has 22 heavy (non-hydrogen) atoms. The second-order valence-corrected chi connectivity index (χ2v) is 5.57. The van der Waals surface area contributed by atoms with E-state index in [-0.39, 0.29) is 0 Å². The maximum absolute atomic E-state index is 3.17. The van der Waals surface area contributed by atoms with Crippen LogP contribution in [0.25, 0.3) is 0 Å². The molecule has 0 aromatic rings. The highest BCUT2D eigenvalue weighted by atomic mass is 15.1. The van der Waals surface area contributed by atoms with Crippen LogP contribution in [-0.4, -0.2) is 49.1 Å². The second-order valence-electron chi connectivity index (χ2n) is 5.57. The average molecular weight is 305 g/mol. The molecule has 0 rings (SSSR count).